The fourth-order valence-corrected chi connectivity index (χ4v) is 5.40. The van der Waals surface area contributed by atoms with Gasteiger partial charge in [-0.05, 0) is 74.2 Å². The van der Waals surface area contributed by atoms with Gasteiger partial charge in [0.05, 0.1) is 5.41 Å². The molecule has 0 unspecified atom stereocenters. The van der Waals surface area contributed by atoms with Crippen molar-refractivity contribution in [2.45, 2.75) is 33.1 Å². The molecule has 0 saturated carbocycles. The molecule has 0 fully saturated rings. The Morgan fingerprint density at radius 1 is 0.400 bits per heavy atom. The Hall–Kier alpha value is -3.52. The second-order valence-corrected chi connectivity index (χ2v) is 8.92. The van der Waals surface area contributed by atoms with Gasteiger partial charge in [-0.15, -0.1) is 0 Å². The molecule has 4 rings (SSSR count). The van der Waals surface area contributed by atoms with E-state index in [2.05, 4.69) is 147 Å². The van der Waals surface area contributed by atoms with Crippen LogP contribution in [0.5, 0.6) is 0 Å². The lowest BCUT2D eigenvalue weighted by Crippen LogP contribution is -2.31. The van der Waals surface area contributed by atoms with Crippen LogP contribution in [0.1, 0.15) is 49.9 Å². The predicted molar refractivity (Wildman–Crippen MR) is 152 cm³/mol. The zero-order valence-corrected chi connectivity index (χ0v) is 21.6. The number of hydrogen-bond donors (Lipinski definition) is 0. The first-order valence-corrected chi connectivity index (χ1v) is 13.0. The van der Waals surface area contributed by atoms with Crippen molar-refractivity contribution in [1.82, 2.24) is 0 Å². The van der Waals surface area contributed by atoms with Crippen LogP contribution in [-0.2, 0) is 5.41 Å². The Balaban J connectivity index is 1.97. The highest BCUT2D eigenvalue weighted by atomic mass is 15.1. The first-order chi connectivity index (χ1) is 17.2. The molecular weight excluding hydrogens is 424 g/mol. The summed E-state index contributed by atoms with van der Waals surface area (Å²) in [5, 5.41) is 0. The van der Waals surface area contributed by atoms with E-state index in [0.717, 1.165) is 26.2 Å². The summed E-state index contributed by atoms with van der Waals surface area (Å²) < 4.78 is 0. The van der Waals surface area contributed by atoms with Gasteiger partial charge in [-0.2, -0.15) is 0 Å². The first-order valence-electron chi connectivity index (χ1n) is 13.0. The lowest BCUT2D eigenvalue weighted by molar-refractivity contribution is 0.743. The van der Waals surface area contributed by atoms with Gasteiger partial charge in [-0.25, -0.2) is 0 Å². The van der Waals surface area contributed by atoms with Crippen LogP contribution in [0.2, 0.25) is 0 Å². The van der Waals surface area contributed by atoms with E-state index >= 15 is 0 Å². The van der Waals surface area contributed by atoms with Crippen molar-refractivity contribution in [2.75, 3.05) is 36.0 Å². The smallest absolute Gasteiger partial charge is 0.0701 e. The van der Waals surface area contributed by atoms with E-state index in [1.165, 1.54) is 33.6 Å². The van der Waals surface area contributed by atoms with Gasteiger partial charge in [0.25, 0.3) is 0 Å². The van der Waals surface area contributed by atoms with Crippen LogP contribution in [0.15, 0.2) is 109 Å². The molecule has 0 aromatic heterocycles. The molecule has 0 saturated heterocycles. The van der Waals surface area contributed by atoms with Crippen molar-refractivity contribution in [1.29, 1.82) is 0 Å². The minimum atomic E-state index is -0.411. The summed E-state index contributed by atoms with van der Waals surface area (Å²) in [6.45, 7) is 12.9. The third-order valence-corrected chi connectivity index (χ3v) is 7.27. The molecule has 0 amide bonds. The van der Waals surface area contributed by atoms with Gasteiger partial charge in [-0.1, -0.05) is 84.9 Å². The molecule has 0 heterocycles. The highest BCUT2D eigenvalue weighted by Crippen LogP contribution is 2.45. The minimum absolute atomic E-state index is 0.411. The van der Waals surface area contributed by atoms with Gasteiger partial charge in [0.1, 0.15) is 0 Å². The Bertz CT molecular complexity index is 1060. The van der Waals surface area contributed by atoms with Gasteiger partial charge < -0.3 is 9.80 Å². The van der Waals surface area contributed by atoms with E-state index < -0.39 is 5.41 Å². The molecule has 0 N–H and O–H groups in total. The van der Waals surface area contributed by atoms with Gasteiger partial charge in [-0.3, -0.25) is 0 Å². The average molecular weight is 463 g/mol. The van der Waals surface area contributed by atoms with Crippen molar-refractivity contribution in [2.24, 2.45) is 0 Å². The molecule has 0 bridgehead atoms. The van der Waals surface area contributed by atoms with E-state index in [9.17, 15) is 0 Å². The van der Waals surface area contributed by atoms with E-state index in [4.69, 9.17) is 0 Å². The predicted octanol–water partition coefficient (Wildman–Crippen LogP) is 7.76. The summed E-state index contributed by atoms with van der Waals surface area (Å²) in [5.41, 5.74) is 7.24. The fraction of sp³-hybridized carbons (Fsp3) is 0.273. The lowest BCUT2D eigenvalue weighted by Gasteiger charge is -2.37. The molecule has 0 radical (unpaired) electrons. The largest absolute Gasteiger partial charge is 0.372 e. The molecule has 0 spiro atoms. The minimum Gasteiger partial charge on any atom is -0.372 e. The number of benzene rings is 4. The number of hydrogen-bond acceptors (Lipinski definition) is 2. The third kappa shape index (κ3) is 4.71. The fourth-order valence-electron chi connectivity index (χ4n) is 5.40. The van der Waals surface area contributed by atoms with Crippen LogP contribution >= 0.6 is 0 Å². The average Bonchev–Trinajstić information content (AvgIpc) is 2.93. The maximum atomic E-state index is 2.40. The topological polar surface area (TPSA) is 6.48 Å². The van der Waals surface area contributed by atoms with Gasteiger partial charge >= 0.3 is 0 Å². The van der Waals surface area contributed by atoms with Crippen LogP contribution in [0, 0.1) is 0 Å². The lowest BCUT2D eigenvalue weighted by atomic mass is 9.65. The van der Waals surface area contributed by atoms with Crippen LogP contribution in [0.25, 0.3) is 0 Å². The summed E-state index contributed by atoms with van der Waals surface area (Å²) in [6, 6.07) is 40.3. The van der Waals surface area contributed by atoms with Gasteiger partial charge in [0, 0.05) is 37.6 Å². The van der Waals surface area contributed by atoms with Crippen molar-refractivity contribution in [3.63, 3.8) is 0 Å². The van der Waals surface area contributed by atoms with Crippen LogP contribution in [0.3, 0.4) is 0 Å². The first kappa shape index (κ1) is 24.6. The van der Waals surface area contributed by atoms with E-state index in [1.54, 1.807) is 0 Å². The molecule has 0 aliphatic rings. The molecule has 0 atom stereocenters. The molecular formula is C33H38N2. The normalized spacial score (nSPS) is 11.3. The molecule has 2 nitrogen and oxygen atoms in total. The molecule has 35 heavy (non-hydrogen) atoms. The molecule has 0 aliphatic carbocycles. The highest BCUT2D eigenvalue weighted by Gasteiger charge is 2.38. The maximum Gasteiger partial charge on any atom is 0.0701 e. The SMILES string of the molecule is CCN(CC)c1ccc(C(c2ccccc2)(c2ccccc2)c2ccc(N(CC)CC)cc2)cc1. The van der Waals surface area contributed by atoms with Crippen molar-refractivity contribution < 1.29 is 0 Å². The Morgan fingerprint density at radius 2 is 0.686 bits per heavy atom. The zero-order valence-electron chi connectivity index (χ0n) is 21.6. The molecule has 4 aromatic rings. The number of rotatable bonds is 10. The van der Waals surface area contributed by atoms with Crippen LogP contribution in [-0.4, -0.2) is 26.2 Å². The monoisotopic (exact) mass is 462 g/mol. The molecule has 180 valence electrons. The second kappa shape index (κ2) is 11.3. The number of nitrogens with zero attached hydrogens (tertiary/aromatic N) is 2. The van der Waals surface area contributed by atoms with Crippen molar-refractivity contribution in [3.05, 3.63) is 131 Å². The quantitative estimate of drug-likeness (QED) is 0.222. The van der Waals surface area contributed by atoms with Crippen LogP contribution in [0.4, 0.5) is 11.4 Å². The van der Waals surface area contributed by atoms with Crippen molar-refractivity contribution in [3.8, 4) is 0 Å². The summed E-state index contributed by atoms with van der Waals surface area (Å²) in [5.74, 6) is 0. The molecule has 2 heteroatoms. The summed E-state index contributed by atoms with van der Waals surface area (Å²) >= 11 is 0. The van der Waals surface area contributed by atoms with E-state index in [-0.39, 0.29) is 0 Å². The Morgan fingerprint density at radius 3 is 0.971 bits per heavy atom. The Labute approximate surface area is 211 Å². The molecule has 0 aliphatic heterocycles. The van der Waals surface area contributed by atoms with Gasteiger partial charge in [0.2, 0.25) is 0 Å². The second-order valence-electron chi connectivity index (χ2n) is 8.92. The highest BCUT2D eigenvalue weighted by molar-refractivity contribution is 5.63. The van der Waals surface area contributed by atoms with E-state index in [0.29, 0.717) is 0 Å². The molecule has 4 aromatic carbocycles. The zero-order chi connectivity index (χ0) is 24.7. The summed E-state index contributed by atoms with van der Waals surface area (Å²) in [7, 11) is 0. The Kier molecular flexibility index (Phi) is 7.92. The van der Waals surface area contributed by atoms with Gasteiger partial charge in [0.15, 0.2) is 0 Å². The van der Waals surface area contributed by atoms with E-state index in [1.807, 2.05) is 0 Å². The number of anilines is 2. The standard InChI is InChI=1S/C33H38N2/c1-5-34(6-2)31-23-19-29(20-24-31)33(27-15-11-9-12-16-27,28-17-13-10-14-18-28)30-21-25-32(26-22-30)35(7-3)8-4/h9-26H,5-8H2,1-4H3. The summed E-state index contributed by atoms with van der Waals surface area (Å²) in [4.78, 5) is 4.80. The summed E-state index contributed by atoms with van der Waals surface area (Å²) in [6.07, 6.45) is 0. The maximum absolute atomic E-state index is 2.40. The third-order valence-electron chi connectivity index (χ3n) is 7.27. The van der Waals surface area contributed by atoms with Crippen LogP contribution < -0.4 is 9.80 Å². The van der Waals surface area contributed by atoms with Crippen molar-refractivity contribution >= 4 is 11.4 Å².